The molecule has 1 N–H and O–H groups in total. The number of benzene rings is 1. The second-order valence-corrected chi connectivity index (χ2v) is 3.95. The first-order valence-corrected chi connectivity index (χ1v) is 4.97. The van der Waals surface area contributed by atoms with E-state index in [-0.39, 0.29) is 11.6 Å². The molecular weight excluding hydrogens is 222 g/mol. The largest absolute Gasteiger partial charge is 0.383 e. The van der Waals surface area contributed by atoms with Crippen molar-refractivity contribution in [3.63, 3.8) is 0 Å². The predicted octanol–water partition coefficient (Wildman–Crippen LogP) is 1.45. The van der Waals surface area contributed by atoms with Crippen LogP contribution in [0.4, 0.5) is 11.4 Å². The molecule has 0 fully saturated rings. The number of hydrogen-bond donors (Lipinski definition) is 1. The van der Waals surface area contributed by atoms with E-state index >= 15 is 0 Å². The minimum atomic E-state index is -0.476. The molecule has 1 aromatic carbocycles. The highest BCUT2D eigenvalue weighted by molar-refractivity contribution is 6.31. The molecule has 0 atom stereocenters. The SMILES string of the molecule is CN(C)/C=C1/C(=O)Nc2ccc([N+](=O)[O-])cc21. The third-order valence-electron chi connectivity index (χ3n) is 2.38. The van der Waals surface area contributed by atoms with Crippen LogP contribution in [0.25, 0.3) is 5.57 Å². The Morgan fingerprint density at radius 3 is 2.71 bits per heavy atom. The van der Waals surface area contributed by atoms with Gasteiger partial charge in [0.05, 0.1) is 10.5 Å². The van der Waals surface area contributed by atoms with Gasteiger partial charge in [0.25, 0.3) is 11.6 Å². The first-order valence-electron chi connectivity index (χ1n) is 4.97. The van der Waals surface area contributed by atoms with Crippen LogP contribution in [0.5, 0.6) is 0 Å². The monoisotopic (exact) mass is 233 g/mol. The Balaban J connectivity index is 2.54. The highest BCUT2D eigenvalue weighted by Crippen LogP contribution is 2.34. The Labute approximate surface area is 97.7 Å². The van der Waals surface area contributed by atoms with E-state index in [0.29, 0.717) is 16.8 Å². The molecular formula is C11H11N3O3. The van der Waals surface area contributed by atoms with Gasteiger partial charge in [0.2, 0.25) is 0 Å². The van der Waals surface area contributed by atoms with Crippen molar-refractivity contribution in [2.24, 2.45) is 0 Å². The molecule has 0 saturated heterocycles. The summed E-state index contributed by atoms with van der Waals surface area (Å²) < 4.78 is 0. The number of nitro benzene ring substituents is 1. The molecule has 1 aliphatic rings. The standard InChI is InChI=1S/C11H11N3O3/c1-13(2)6-9-8-5-7(14(16)17)3-4-10(8)12-11(9)15/h3-6H,1-2H3,(H,12,15)/b9-6+. The summed E-state index contributed by atoms with van der Waals surface area (Å²) in [4.78, 5) is 23.6. The van der Waals surface area contributed by atoms with Crippen LogP contribution in [0.2, 0.25) is 0 Å². The van der Waals surface area contributed by atoms with Crippen molar-refractivity contribution in [3.8, 4) is 0 Å². The lowest BCUT2D eigenvalue weighted by molar-refractivity contribution is -0.384. The van der Waals surface area contributed by atoms with Crippen LogP contribution in [-0.4, -0.2) is 29.8 Å². The van der Waals surface area contributed by atoms with Crippen LogP contribution in [0.15, 0.2) is 24.4 Å². The molecule has 0 spiro atoms. The van der Waals surface area contributed by atoms with Crippen LogP contribution < -0.4 is 5.32 Å². The molecule has 6 nitrogen and oxygen atoms in total. The molecule has 1 aliphatic heterocycles. The summed E-state index contributed by atoms with van der Waals surface area (Å²) in [6, 6.07) is 4.32. The lowest BCUT2D eigenvalue weighted by Gasteiger charge is -2.05. The number of carbonyl (C=O) groups is 1. The van der Waals surface area contributed by atoms with Gasteiger partial charge in [-0.2, -0.15) is 0 Å². The van der Waals surface area contributed by atoms with E-state index < -0.39 is 4.92 Å². The first-order chi connectivity index (χ1) is 7.99. The van der Waals surface area contributed by atoms with Gasteiger partial charge in [-0.05, 0) is 6.07 Å². The molecule has 6 heteroatoms. The molecule has 0 bridgehead atoms. The average Bonchev–Trinajstić information content (AvgIpc) is 2.54. The zero-order chi connectivity index (χ0) is 12.6. The summed E-state index contributed by atoms with van der Waals surface area (Å²) in [6.07, 6.45) is 1.64. The highest BCUT2D eigenvalue weighted by Gasteiger charge is 2.26. The topological polar surface area (TPSA) is 75.5 Å². The molecule has 0 saturated carbocycles. The molecule has 0 radical (unpaired) electrons. The smallest absolute Gasteiger partial charge is 0.270 e. The quantitative estimate of drug-likeness (QED) is 0.476. The van der Waals surface area contributed by atoms with E-state index in [1.165, 1.54) is 12.1 Å². The van der Waals surface area contributed by atoms with Crippen LogP contribution in [0.1, 0.15) is 5.56 Å². The fourth-order valence-electron chi connectivity index (χ4n) is 1.68. The van der Waals surface area contributed by atoms with E-state index in [1.54, 1.807) is 31.3 Å². The number of nitrogens with one attached hydrogen (secondary N) is 1. The zero-order valence-corrected chi connectivity index (χ0v) is 9.43. The van der Waals surface area contributed by atoms with Gasteiger partial charge in [0.15, 0.2) is 0 Å². The number of fused-ring (bicyclic) bond motifs is 1. The number of carbonyl (C=O) groups excluding carboxylic acids is 1. The predicted molar refractivity (Wildman–Crippen MR) is 63.4 cm³/mol. The Hall–Kier alpha value is -2.37. The maximum Gasteiger partial charge on any atom is 0.270 e. The van der Waals surface area contributed by atoms with Crippen LogP contribution >= 0.6 is 0 Å². The van der Waals surface area contributed by atoms with Gasteiger partial charge < -0.3 is 10.2 Å². The van der Waals surface area contributed by atoms with Crippen LogP contribution in [0, 0.1) is 10.1 Å². The maximum absolute atomic E-state index is 11.7. The Morgan fingerprint density at radius 2 is 2.12 bits per heavy atom. The Morgan fingerprint density at radius 1 is 1.41 bits per heavy atom. The van der Waals surface area contributed by atoms with Crippen molar-refractivity contribution in [1.82, 2.24) is 4.90 Å². The van der Waals surface area contributed by atoms with Crippen LogP contribution in [0.3, 0.4) is 0 Å². The van der Waals surface area contributed by atoms with Crippen molar-refractivity contribution in [2.45, 2.75) is 0 Å². The Bertz CT molecular complexity index is 535. The molecule has 17 heavy (non-hydrogen) atoms. The van der Waals surface area contributed by atoms with Gasteiger partial charge in [-0.3, -0.25) is 14.9 Å². The van der Waals surface area contributed by atoms with Crippen molar-refractivity contribution >= 4 is 22.9 Å². The second-order valence-electron chi connectivity index (χ2n) is 3.95. The summed E-state index contributed by atoms with van der Waals surface area (Å²) in [5.74, 6) is -0.241. The average molecular weight is 233 g/mol. The van der Waals surface area contributed by atoms with Crippen LogP contribution in [-0.2, 0) is 4.79 Å². The second kappa shape index (κ2) is 3.89. The summed E-state index contributed by atoms with van der Waals surface area (Å²) in [6.45, 7) is 0. The number of hydrogen-bond acceptors (Lipinski definition) is 4. The lowest BCUT2D eigenvalue weighted by Crippen LogP contribution is -2.08. The number of anilines is 1. The Kier molecular flexibility index (Phi) is 2.55. The van der Waals surface area contributed by atoms with E-state index in [2.05, 4.69) is 5.32 Å². The van der Waals surface area contributed by atoms with E-state index in [1.807, 2.05) is 0 Å². The zero-order valence-electron chi connectivity index (χ0n) is 9.43. The molecule has 0 unspecified atom stereocenters. The number of amides is 1. The molecule has 1 aromatic rings. The summed E-state index contributed by atoms with van der Waals surface area (Å²) in [5.41, 5.74) is 1.59. The van der Waals surface area contributed by atoms with Crippen molar-refractivity contribution in [3.05, 3.63) is 40.1 Å². The van der Waals surface area contributed by atoms with Gasteiger partial charge in [-0.1, -0.05) is 0 Å². The number of non-ortho nitro benzene ring substituents is 1. The molecule has 2 rings (SSSR count). The molecule has 0 aliphatic carbocycles. The van der Waals surface area contributed by atoms with Gasteiger partial charge in [-0.25, -0.2) is 0 Å². The summed E-state index contributed by atoms with van der Waals surface area (Å²) in [7, 11) is 3.57. The molecule has 1 heterocycles. The fourth-order valence-corrected chi connectivity index (χ4v) is 1.68. The van der Waals surface area contributed by atoms with Gasteiger partial charge in [0.1, 0.15) is 0 Å². The summed E-state index contributed by atoms with van der Waals surface area (Å²) in [5, 5.41) is 13.3. The fraction of sp³-hybridized carbons (Fsp3) is 0.182. The lowest BCUT2D eigenvalue weighted by atomic mass is 10.1. The normalized spacial score (nSPS) is 15.6. The van der Waals surface area contributed by atoms with Gasteiger partial charge in [-0.15, -0.1) is 0 Å². The van der Waals surface area contributed by atoms with Crippen molar-refractivity contribution in [2.75, 3.05) is 19.4 Å². The third kappa shape index (κ3) is 1.96. The third-order valence-corrected chi connectivity index (χ3v) is 2.38. The number of nitro groups is 1. The minimum Gasteiger partial charge on any atom is -0.383 e. The highest BCUT2D eigenvalue weighted by atomic mass is 16.6. The van der Waals surface area contributed by atoms with Crippen molar-refractivity contribution < 1.29 is 9.72 Å². The first kappa shape index (κ1) is 11.1. The van der Waals surface area contributed by atoms with Crippen molar-refractivity contribution in [1.29, 1.82) is 0 Å². The summed E-state index contributed by atoms with van der Waals surface area (Å²) >= 11 is 0. The maximum atomic E-state index is 11.7. The van der Waals surface area contributed by atoms with E-state index in [4.69, 9.17) is 0 Å². The van der Waals surface area contributed by atoms with Gasteiger partial charge >= 0.3 is 0 Å². The molecule has 0 aromatic heterocycles. The van der Waals surface area contributed by atoms with Gasteiger partial charge in [0, 0.05) is 43.7 Å². The molecule has 88 valence electrons. The minimum absolute atomic E-state index is 0.0232. The number of rotatable bonds is 2. The van der Waals surface area contributed by atoms with E-state index in [0.717, 1.165) is 0 Å². The number of nitrogens with zero attached hydrogens (tertiary/aromatic N) is 2. The van der Waals surface area contributed by atoms with E-state index in [9.17, 15) is 14.9 Å². The molecule has 1 amide bonds.